The number of nitrogens with one attached hydrogen (secondary N) is 2. The van der Waals surface area contributed by atoms with Crippen molar-refractivity contribution < 1.29 is 28.1 Å². The Bertz CT molecular complexity index is 473. The average molecular weight is 374 g/mol. The normalized spacial score (nSPS) is 11.7. The Morgan fingerprint density at radius 2 is 0.962 bits per heavy atom. The molecule has 0 aromatic heterocycles. The van der Waals surface area contributed by atoms with Crippen molar-refractivity contribution in [2.24, 2.45) is 11.5 Å². The zero-order valence-corrected chi connectivity index (χ0v) is 16.3. The van der Waals surface area contributed by atoms with Crippen molar-refractivity contribution in [3.05, 3.63) is 0 Å². The lowest BCUT2D eigenvalue weighted by atomic mass is 10.1. The summed E-state index contributed by atoms with van der Waals surface area (Å²) >= 11 is 0. The third-order valence-electron chi connectivity index (χ3n) is 3.95. The molecule has 0 aliphatic carbocycles. The van der Waals surface area contributed by atoms with Gasteiger partial charge in [0.15, 0.2) is 13.1 Å². The van der Waals surface area contributed by atoms with Crippen LogP contribution in [-0.2, 0) is 9.59 Å². The third kappa shape index (κ3) is 13.1. The number of rotatable bonds is 11. The first-order valence-electron chi connectivity index (χ1n) is 8.65. The molecule has 0 unspecified atom stereocenters. The van der Waals surface area contributed by atoms with Crippen LogP contribution in [0.5, 0.6) is 0 Å². The van der Waals surface area contributed by atoms with E-state index in [4.69, 9.17) is 11.5 Å². The zero-order valence-electron chi connectivity index (χ0n) is 16.3. The molecule has 0 aliphatic heterocycles. The fourth-order valence-electron chi connectivity index (χ4n) is 2.72. The third-order valence-corrected chi connectivity index (χ3v) is 3.95. The lowest BCUT2D eigenvalue weighted by Crippen LogP contribution is -2.50. The molecule has 0 fully saturated rings. The highest BCUT2D eigenvalue weighted by Crippen LogP contribution is 2.08. The maximum atomic E-state index is 11.6. The maximum absolute atomic E-state index is 11.6. The van der Waals surface area contributed by atoms with Crippen molar-refractivity contribution in [3.63, 3.8) is 0 Å². The molecule has 0 saturated carbocycles. The van der Waals surface area contributed by atoms with Crippen LogP contribution in [0, 0.1) is 0 Å². The first kappa shape index (κ1) is 23.8. The minimum atomic E-state index is -0.833. The Kier molecular flexibility index (Phi) is 9.81. The molecular weight excluding hydrogens is 340 g/mol. The molecule has 6 N–H and O–H groups in total. The Morgan fingerprint density at radius 3 is 1.23 bits per heavy atom. The molecule has 10 heteroatoms. The highest BCUT2D eigenvalue weighted by molar-refractivity contribution is 5.94. The zero-order chi connectivity index (χ0) is 20.4. The highest BCUT2D eigenvalue weighted by Gasteiger charge is 2.22. The number of urea groups is 2. The minimum absolute atomic E-state index is 0.196. The van der Waals surface area contributed by atoms with E-state index in [1.165, 1.54) is 0 Å². The topological polar surface area (TPSA) is 144 Å². The SMILES string of the molecule is C[N+](C)(CCCCCC[N+](C)(C)CC(=O)NC(N)=O)CC(=O)NC(N)=O. The molecule has 0 aromatic rings. The van der Waals surface area contributed by atoms with Crippen molar-refractivity contribution in [1.82, 2.24) is 10.6 Å². The van der Waals surface area contributed by atoms with E-state index in [-0.39, 0.29) is 24.9 Å². The number of nitrogens with two attached hydrogens (primary N) is 2. The second-order valence-corrected chi connectivity index (χ2v) is 7.87. The van der Waals surface area contributed by atoms with E-state index in [1.54, 1.807) is 0 Å². The molecular formula is C16H34N6O4+2. The van der Waals surface area contributed by atoms with Gasteiger partial charge in [0.2, 0.25) is 0 Å². The first-order valence-corrected chi connectivity index (χ1v) is 8.65. The molecule has 150 valence electrons. The summed E-state index contributed by atoms with van der Waals surface area (Å²) in [4.78, 5) is 44.5. The summed E-state index contributed by atoms with van der Waals surface area (Å²) in [5, 5.41) is 4.15. The van der Waals surface area contributed by atoms with Crippen LogP contribution in [0.3, 0.4) is 0 Å². The van der Waals surface area contributed by atoms with Gasteiger partial charge >= 0.3 is 12.1 Å². The lowest BCUT2D eigenvalue weighted by molar-refractivity contribution is -0.883. The monoisotopic (exact) mass is 374 g/mol. The van der Waals surface area contributed by atoms with E-state index in [0.29, 0.717) is 8.97 Å². The Balaban J connectivity index is 3.98. The van der Waals surface area contributed by atoms with E-state index in [2.05, 4.69) is 10.6 Å². The van der Waals surface area contributed by atoms with Gasteiger partial charge in [-0.2, -0.15) is 0 Å². The average Bonchev–Trinajstić information content (AvgIpc) is 2.38. The molecule has 0 aromatic carbocycles. The van der Waals surface area contributed by atoms with Gasteiger partial charge in [0.1, 0.15) is 0 Å². The summed E-state index contributed by atoms with van der Waals surface area (Å²) in [6.07, 6.45) is 3.91. The molecule has 0 saturated heterocycles. The van der Waals surface area contributed by atoms with Crippen LogP contribution in [0.2, 0.25) is 0 Å². The molecule has 6 amide bonds. The fourth-order valence-corrected chi connectivity index (χ4v) is 2.72. The summed E-state index contributed by atoms with van der Waals surface area (Å²) in [7, 11) is 7.71. The van der Waals surface area contributed by atoms with E-state index < -0.39 is 12.1 Å². The predicted octanol–water partition coefficient (Wildman–Crippen LogP) is -0.911. The number of hydrogen-bond donors (Lipinski definition) is 4. The van der Waals surface area contributed by atoms with Gasteiger partial charge in [-0.3, -0.25) is 20.2 Å². The van der Waals surface area contributed by atoms with Crippen LogP contribution in [0.25, 0.3) is 0 Å². The van der Waals surface area contributed by atoms with Crippen molar-refractivity contribution >= 4 is 23.9 Å². The summed E-state index contributed by atoms with van der Waals surface area (Å²) in [5.74, 6) is -0.758. The van der Waals surface area contributed by atoms with Gasteiger partial charge in [0, 0.05) is 0 Å². The second-order valence-electron chi connectivity index (χ2n) is 7.87. The highest BCUT2D eigenvalue weighted by atomic mass is 16.2. The number of amides is 6. The molecule has 0 atom stereocenters. The van der Waals surface area contributed by atoms with Gasteiger partial charge < -0.3 is 20.4 Å². The van der Waals surface area contributed by atoms with E-state index in [1.807, 2.05) is 28.2 Å². The number of nitrogens with zero attached hydrogens (tertiary/aromatic N) is 2. The van der Waals surface area contributed by atoms with Crippen molar-refractivity contribution in [2.75, 3.05) is 54.4 Å². The smallest absolute Gasteiger partial charge is 0.318 e. The van der Waals surface area contributed by atoms with E-state index in [0.717, 1.165) is 38.8 Å². The molecule has 10 nitrogen and oxygen atoms in total. The van der Waals surface area contributed by atoms with Crippen LogP contribution in [0.15, 0.2) is 0 Å². The van der Waals surface area contributed by atoms with Crippen LogP contribution in [-0.4, -0.2) is 87.2 Å². The van der Waals surface area contributed by atoms with Gasteiger partial charge in [0.05, 0.1) is 41.3 Å². The fraction of sp³-hybridized carbons (Fsp3) is 0.750. The first-order chi connectivity index (χ1) is 11.8. The van der Waals surface area contributed by atoms with Crippen LogP contribution < -0.4 is 22.1 Å². The molecule has 26 heavy (non-hydrogen) atoms. The number of hydrogen-bond acceptors (Lipinski definition) is 4. The Morgan fingerprint density at radius 1 is 0.654 bits per heavy atom. The Hall–Kier alpha value is -2.20. The van der Waals surface area contributed by atoms with E-state index in [9.17, 15) is 19.2 Å². The number of likely N-dealkylation sites (N-methyl/N-ethyl adjacent to an activating group) is 2. The maximum Gasteiger partial charge on any atom is 0.318 e. The number of primary amides is 2. The molecule has 0 spiro atoms. The summed E-state index contributed by atoms with van der Waals surface area (Å²) in [6.45, 7) is 2.01. The second kappa shape index (κ2) is 10.7. The summed E-state index contributed by atoms with van der Waals surface area (Å²) in [6, 6.07) is -1.67. The number of carbonyl (C=O) groups excluding carboxylic acids is 4. The number of imide groups is 2. The predicted molar refractivity (Wildman–Crippen MR) is 97.6 cm³/mol. The molecule has 0 rings (SSSR count). The number of quaternary nitrogens is 2. The Labute approximate surface area is 155 Å². The quantitative estimate of drug-likeness (QED) is 0.274. The van der Waals surface area contributed by atoms with Crippen molar-refractivity contribution in [3.8, 4) is 0 Å². The summed E-state index contributed by atoms with van der Waals surface area (Å²) in [5.41, 5.74) is 9.86. The van der Waals surface area contributed by atoms with E-state index >= 15 is 0 Å². The minimum Gasteiger partial charge on any atom is -0.351 e. The largest absolute Gasteiger partial charge is 0.351 e. The number of carbonyl (C=O) groups is 4. The van der Waals surface area contributed by atoms with Crippen LogP contribution >= 0.6 is 0 Å². The van der Waals surface area contributed by atoms with Gasteiger partial charge in [-0.05, 0) is 25.7 Å². The van der Waals surface area contributed by atoms with Gasteiger partial charge in [-0.25, -0.2) is 9.59 Å². The van der Waals surface area contributed by atoms with Crippen molar-refractivity contribution in [2.45, 2.75) is 25.7 Å². The molecule has 0 radical (unpaired) electrons. The number of unbranched alkanes of at least 4 members (excludes halogenated alkanes) is 3. The van der Waals surface area contributed by atoms with Crippen LogP contribution in [0.1, 0.15) is 25.7 Å². The molecule has 0 bridgehead atoms. The van der Waals surface area contributed by atoms with Gasteiger partial charge in [-0.1, -0.05) is 0 Å². The standard InChI is InChI=1S/C16H32N6O4/c1-21(2,11-13(23)19-15(17)25)9-7-5-6-8-10-22(3,4)12-14(24)20-16(18)26/h5-12H2,1-4H3,(H4-2,17,18,19,20,23,24,25,26)/p+2. The molecule has 0 heterocycles. The van der Waals surface area contributed by atoms with Crippen molar-refractivity contribution in [1.29, 1.82) is 0 Å². The van der Waals surface area contributed by atoms with Crippen LogP contribution in [0.4, 0.5) is 9.59 Å². The lowest BCUT2D eigenvalue weighted by Gasteiger charge is -2.29. The molecule has 0 aliphatic rings. The van der Waals surface area contributed by atoms with Gasteiger partial charge in [0.25, 0.3) is 11.8 Å². The van der Waals surface area contributed by atoms with Gasteiger partial charge in [-0.15, -0.1) is 0 Å². The summed E-state index contributed by atoms with van der Waals surface area (Å²) < 4.78 is 0.960.